The molecule has 10 nitrogen and oxygen atoms in total. The second kappa shape index (κ2) is 16.5. The molecule has 1 aliphatic rings. The molecule has 0 saturated carbocycles. The second-order valence-corrected chi connectivity index (χ2v) is 13.6. The van der Waals surface area contributed by atoms with Crippen molar-refractivity contribution < 1.29 is 36.3 Å². The molecule has 0 bridgehead atoms. The Bertz CT molecular complexity index is 1110. The molecule has 1 amide bonds. The Morgan fingerprint density at radius 1 is 1.00 bits per heavy atom. The minimum absolute atomic E-state index is 0.0143. The monoisotopic (exact) mass is 629 g/mol. The Kier molecular flexibility index (Phi) is 14.4. The van der Waals surface area contributed by atoms with Crippen LogP contribution < -0.4 is 16.6 Å². The molecular formula is C31H54N4O6V. The Labute approximate surface area is 260 Å². The van der Waals surface area contributed by atoms with E-state index in [0.29, 0.717) is 47.5 Å². The first-order chi connectivity index (χ1) is 19.6. The Morgan fingerprint density at radius 2 is 1.55 bits per heavy atom. The van der Waals surface area contributed by atoms with Gasteiger partial charge in [-0.15, -0.1) is 0 Å². The summed E-state index contributed by atoms with van der Waals surface area (Å²) in [6.07, 6.45) is 0.0503. The molecule has 1 saturated heterocycles. The number of hydrogen-bond acceptors (Lipinski definition) is 7. The summed E-state index contributed by atoms with van der Waals surface area (Å²) in [6, 6.07) is -0.0143. The number of hydrogen-bond donors (Lipinski definition) is 2. The molecule has 0 aromatic carbocycles. The molecular weight excluding hydrogens is 575 g/mol. The number of nitrogens with zero attached hydrogens (tertiary/aromatic N) is 2. The summed E-state index contributed by atoms with van der Waals surface area (Å²) >= 11 is 1.98. The van der Waals surface area contributed by atoms with Crippen LogP contribution in [0.4, 0.5) is 0 Å². The molecule has 1 aromatic heterocycles. The second-order valence-electron chi connectivity index (χ2n) is 13.3. The number of carbonyl (C=O) groups is 1. The minimum atomic E-state index is -0.675. The van der Waals surface area contributed by atoms with Crippen molar-refractivity contribution in [2.75, 3.05) is 13.2 Å². The number of H-pyrrole nitrogens is 1. The van der Waals surface area contributed by atoms with Gasteiger partial charge in [-0.05, 0) is 23.7 Å². The third-order valence-electron chi connectivity index (χ3n) is 10.2. The van der Waals surface area contributed by atoms with Crippen LogP contribution in [-0.4, -0.2) is 46.9 Å². The normalized spacial score (nSPS) is 24.1. The zero-order valence-electron chi connectivity index (χ0n) is 27.4. The standard InChI is InChI=1S/C31H54N4O6.V/c1-16(2)19(6)21(8)23(10)29(24(11)22(9)20(7)17(3)4)33-27(36)15-39-25-12-28(41-26(25)14-40-32)35-13-18(5)30(37)34-31(35)38;/h13,16-17,19-26,28-29H,12,14-15H2,1-11H3,(H,33,36)(H,34,37,38);. The average Bonchev–Trinajstić information content (AvgIpc) is 3.35. The van der Waals surface area contributed by atoms with Gasteiger partial charge in [0, 0.05) is 0 Å². The molecule has 0 spiro atoms. The fraction of sp³-hybridized carbons (Fsp3) is 0.839. The number of aromatic nitrogens is 2. The van der Waals surface area contributed by atoms with Gasteiger partial charge in [0.25, 0.3) is 0 Å². The van der Waals surface area contributed by atoms with Crippen LogP contribution in [-0.2, 0) is 36.3 Å². The van der Waals surface area contributed by atoms with E-state index in [0.717, 1.165) is 0 Å². The molecule has 42 heavy (non-hydrogen) atoms. The molecule has 9 unspecified atom stereocenters. The zero-order chi connectivity index (χ0) is 31.9. The van der Waals surface area contributed by atoms with Crippen molar-refractivity contribution in [3.8, 4) is 0 Å². The first-order valence-corrected chi connectivity index (χ1v) is 16.1. The van der Waals surface area contributed by atoms with E-state index < -0.39 is 29.7 Å². The number of carbonyl (C=O) groups excluding carboxylic acids is 1. The summed E-state index contributed by atoms with van der Waals surface area (Å²) in [6.45, 7) is 24.3. The van der Waals surface area contributed by atoms with E-state index in [1.54, 1.807) is 6.92 Å². The van der Waals surface area contributed by atoms with E-state index in [9.17, 15) is 14.4 Å². The van der Waals surface area contributed by atoms with Gasteiger partial charge in [-0.25, -0.2) is 0 Å². The number of aryl methyl sites for hydroxylation is 1. The SMILES string of the molecule is Cc1cn(C2CC(OCC(=O)NC(C(C)C(C)C(C)C(C)C)C(C)C(C)C(C)C(C)C)C(CO[N]=[V])O2)c(=O)[nH]c1=O. The van der Waals surface area contributed by atoms with Crippen LogP contribution in [0.3, 0.4) is 0 Å². The molecule has 2 N–H and O–H groups in total. The van der Waals surface area contributed by atoms with Gasteiger partial charge in [0.05, 0.1) is 0 Å². The Balaban J connectivity index is 2.21. The average molecular weight is 630 g/mol. The molecule has 1 aromatic rings. The molecule has 1 aliphatic heterocycles. The van der Waals surface area contributed by atoms with Gasteiger partial charge in [0.2, 0.25) is 0 Å². The van der Waals surface area contributed by atoms with Crippen LogP contribution in [0, 0.1) is 54.3 Å². The van der Waals surface area contributed by atoms with Crippen molar-refractivity contribution in [3.05, 3.63) is 32.6 Å². The maximum atomic E-state index is 13.5. The van der Waals surface area contributed by atoms with E-state index in [4.69, 9.17) is 14.3 Å². The van der Waals surface area contributed by atoms with Crippen molar-refractivity contribution in [3.63, 3.8) is 0 Å². The number of ether oxygens (including phenoxy) is 2. The van der Waals surface area contributed by atoms with E-state index in [2.05, 4.69) is 83.5 Å². The van der Waals surface area contributed by atoms with Gasteiger partial charge in [-0.1, -0.05) is 55.4 Å². The molecule has 0 radical (unpaired) electrons. The molecule has 239 valence electrons. The van der Waals surface area contributed by atoms with Gasteiger partial charge in [0.1, 0.15) is 0 Å². The number of nitrogens with one attached hydrogen (secondary N) is 2. The molecule has 1 fully saturated rings. The fourth-order valence-corrected chi connectivity index (χ4v) is 6.19. The Hall–Kier alpha value is -1.59. The van der Waals surface area contributed by atoms with Crippen LogP contribution in [0.15, 0.2) is 19.7 Å². The summed E-state index contributed by atoms with van der Waals surface area (Å²) in [5, 5.41) is 3.36. The van der Waals surface area contributed by atoms with Crippen molar-refractivity contribution in [2.45, 2.75) is 107 Å². The van der Waals surface area contributed by atoms with E-state index >= 15 is 0 Å². The van der Waals surface area contributed by atoms with Crippen LogP contribution in [0.5, 0.6) is 0 Å². The van der Waals surface area contributed by atoms with Crippen molar-refractivity contribution >= 4 is 5.91 Å². The molecule has 9 atom stereocenters. The first-order valence-electron chi connectivity index (χ1n) is 15.4. The summed E-state index contributed by atoms with van der Waals surface area (Å²) < 4.78 is 17.2. The summed E-state index contributed by atoms with van der Waals surface area (Å²) in [7, 11) is 0. The predicted molar refractivity (Wildman–Crippen MR) is 159 cm³/mol. The van der Waals surface area contributed by atoms with Crippen molar-refractivity contribution in [1.82, 2.24) is 14.9 Å². The molecule has 11 heteroatoms. The van der Waals surface area contributed by atoms with Crippen LogP contribution >= 0.6 is 0 Å². The Morgan fingerprint density at radius 3 is 2.05 bits per heavy atom. The third kappa shape index (κ3) is 9.46. The molecule has 2 rings (SSSR count). The predicted octanol–water partition coefficient (Wildman–Crippen LogP) is 4.79. The first kappa shape index (κ1) is 36.6. The van der Waals surface area contributed by atoms with E-state index in [-0.39, 0.29) is 37.0 Å². The van der Waals surface area contributed by atoms with Crippen molar-refractivity contribution in [1.29, 1.82) is 0 Å². The topological polar surface area (TPSA) is 124 Å². The van der Waals surface area contributed by atoms with Gasteiger partial charge in [-0.2, -0.15) is 0 Å². The van der Waals surface area contributed by atoms with Gasteiger partial charge in [-0.3, -0.25) is 0 Å². The third-order valence-corrected chi connectivity index (χ3v) is 10.4. The summed E-state index contributed by atoms with van der Waals surface area (Å²) in [4.78, 5) is 45.3. The number of aromatic amines is 1. The number of rotatable bonds is 16. The van der Waals surface area contributed by atoms with Gasteiger partial charge < -0.3 is 0 Å². The fourth-order valence-electron chi connectivity index (χ4n) is 6.08. The van der Waals surface area contributed by atoms with Gasteiger partial charge >= 0.3 is 182 Å². The molecule has 0 aliphatic carbocycles. The summed E-state index contributed by atoms with van der Waals surface area (Å²) in [5.74, 6) is 3.31. The van der Waals surface area contributed by atoms with Crippen molar-refractivity contribution in [2.24, 2.45) is 51.3 Å². The molecule has 2 heterocycles. The van der Waals surface area contributed by atoms with E-state index in [1.165, 1.54) is 10.8 Å². The quantitative estimate of drug-likeness (QED) is 0.254. The zero-order valence-corrected chi connectivity index (χ0v) is 28.8. The van der Waals surface area contributed by atoms with E-state index in [1.807, 2.05) is 17.2 Å². The summed E-state index contributed by atoms with van der Waals surface area (Å²) in [5.41, 5.74) is -0.605. The van der Waals surface area contributed by atoms with Crippen LogP contribution in [0.1, 0.15) is 87.4 Å². The number of amides is 1. The van der Waals surface area contributed by atoms with Crippen LogP contribution in [0.25, 0.3) is 0 Å². The maximum absolute atomic E-state index is 13.5. The van der Waals surface area contributed by atoms with Gasteiger partial charge in [0.15, 0.2) is 0 Å². The van der Waals surface area contributed by atoms with Crippen LogP contribution in [0.2, 0.25) is 0 Å².